The Balaban J connectivity index is 1.72. The zero-order chi connectivity index (χ0) is 18.8. The normalized spacial score (nSPS) is 10.8. The van der Waals surface area contributed by atoms with Crippen LogP contribution in [0.1, 0.15) is 5.56 Å². The molecule has 27 heavy (non-hydrogen) atoms. The maximum Gasteiger partial charge on any atom is 0.231 e. The molecule has 0 radical (unpaired) electrons. The van der Waals surface area contributed by atoms with Crippen molar-refractivity contribution in [1.29, 1.82) is 0 Å². The van der Waals surface area contributed by atoms with Gasteiger partial charge < -0.3 is 15.4 Å². The first kappa shape index (κ1) is 16.8. The summed E-state index contributed by atoms with van der Waals surface area (Å²) < 4.78 is 7.00. The summed E-state index contributed by atoms with van der Waals surface area (Å²) in [6.07, 6.45) is 1.77. The first-order chi connectivity index (χ1) is 13.1. The van der Waals surface area contributed by atoms with E-state index in [9.17, 15) is 0 Å². The lowest BCUT2D eigenvalue weighted by Crippen LogP contribution is -2.03. The van der Waals surface area contributed by atoms with Gasteiger partial charge in [0.25, 0.3) is 0 Å². The zero-order valence-corrected chi connectivity index (χ0v) is 15.4. The molecule has 7 nitrogen and oxygen atoms in total. The van der Waals surface area contributed by atoms with Crippen molar-refractivity contribution in [1.82, 2.24) is 19.7 Å². The minimum Gasteiger partial charge on any atom is -0.497 e. The van der Waals surface area contributed by atoms with Crippen LogP contribution in [0.2, 0.25) is 0 Å². The van der Waals surface area contributed by atoms with Crippen LogP contribution >= 0.6 is 0 Å². The molecule has 2 aromatic heterocycles. The topological polar surface area (TPSA) is 76.9 Å². The summed E-state index contributed by atoms with van der Waals surface area (Å²) in [5.74, 6) is 1.94. The second-order valence-corrected chi connectivity index (χ2v) is 6.25. The Labute approximate surface area is 157 Å². The van der Waals surface area contributed by atoms with Crippen molar-refractivity contribution < 1.29 is 4.74 Å². The quantitative estimate of drug-likeness (QED) is 0.556. The number of anilines is 4. The monoisotopic (exact) mass is 360 g/mol. The van der Waals surface area contributed by atoms with Crippen LogP contribution in [0.5, 0.6) is 5.75 Å². The van der Waals surface area contributed by atoms with E-state index in [1.54, 1.807) is 18.0 Å². The molecule has 0 saturated carbocycles. The van der Waals surface area contributed by atoms with E-state index in [1.807, 2.05) is 43.4 Å². The van der Waals surface area contributed by atoms with E-state index in [0.29, 0.717) is 11.8 Å². The van der Waals surface area contributed by atoms with E-state index in [0.717, 1.165) is 28.2 Å². The molecule has 136 valence electrons. The zero-order valence-electron chi connectivity index (χ0n) is 15.4. The molecule has 0 atom stereocenters. The van der Waals surface area contributed by atoms with Gasteiger partial charge in [0, 0.05) is 24.5 Å². The third-order valence-electron chi connectivity index (χ3n) is 4.23. The Bertz CT molecular complexity index is 1090. The summed E-state index contributed by atoms with van der Waals surface area (Å²) >= 11 is 0. The highest BCUT2D eigenvalue weighted by Crippen LogP contribution is 2.27. The number of aryl methyl sites for hydroxylation is 2. The highest BCUT2D eigenvalue weighted by Gasteiger charge is 2.12. The number of rotatable bonds is 5. The number of ether oxygens (including phenoxy) is 1. The minimum absolute atomic E-state index is 0.481. The van der Waals surface area contributed by atoms with Crippen molar-refractivity contribution >= 4 is 34.2 Å². The molecular formula is C20H20N6O. The van der Waals surface area contributed by atoms with Gasteiger partial charge in [0.1, 0.15) is 11.6 Å². The van der Waals surface area contributed by atoms with Gasteiger partial charge in [-0.1, -0.05) is 23.8 Å². The lowest BCUT2D eigenvalue weighted by Gasteiger charge is -2.11. The summed E-state index contributed by atoms with van der Waals surface area (Å²) in [7, 11) is 3.50. The summed E-state index contributed by atoms with van der Waals surface area (Å²) in [6, 6.07) is 15.8. The van der Waals surface area contributed by atoms with E-state index in [1.165, 1.54) is 5.56 Å². The molecule has 0 unspecified atom stereocenters. The standard InChI is InChI=1S/C20H20N6O/c1-13-7-9-14(10-8-13)22-18-17-12-21-26(2)19(17)25-20(24-18)23-15-5-4-6-16(11-15)27-3/h4-12H,1-3H3,(H2,22,23,24,25). The Kier molecular flexibility index (Phi) is 4.33. The van der Waals surface area contributed by atoms with Crippen LogP contribution in [-0.4, -0.2) is 26.9 Å². The number of methoxy groups -OCH3 is 1. The second kappa shape index (κ2) is 6.95. The predicted molar refractivity (Wildman–Crippen MR) is 107 cm³/mol. The number of benzene rings is 2. The number of hydrogen-bond acceptors (Lipinski definition) is 6. The average molecular weight is 360 g/mol. The fourth-order valence-corrected chi connectivity index (χ4v) is 2.78. The van der Waals surface area contributed by atoms with Gasteiger partial charge in [0.15, 0.2) is 5.65 Å². The molecule has 0 spiro atoms. The van der Waals surface area contributed by atoms with Crippen molar-refractivity contribution in [3.8, 4) is 5.75 Å². The van der Waals surface area contributed by atoms with Gasteiger partial charge >= 0.3 is 0 Å². The van der Waals surface area contributed by atoms with Crippen molar-refractivity contribution in [2.24, 2.45) is 7.05 Å². The van der Waals surface area contributed by atoms with Crippen LogP contribution in [0.3, 0.4) is 0 Å². The fourth-order valence-electron chi connectivity index (χ4n) is 2.78. The molecule has 0 aliphatic heterocycles. The first-order valence-electron chi connectivity index (χ1n) is 8.57. The summed E-state index contributed by atoms with van der Waals surface area (Å²) in [5.41, 5.74) is 3.74. The van der Waals surface area contributed by atoms with E-state index >= 15 is 0 Å². The van der Waals surface area contributed by atoms with Crippen LogP contribution in [0.4, 0.5) is 23.1 Å². The van der Waals surface area contributed by atoms with Crippen molar-refractivity contribution in [3.63, 3.8) is 0 Å². The van der Waals surface area contributed by atoms with Crippen LogP contribution in [-0.2, 0) is 7.05 Å². The molecule has 4 aromatic rings. The first-order valence-corrected chi connectivity index (χ1v) is 8.57. The minimum atomic E-state index is 0.481. The van der Waals surface area contributed by atoms with Crippen molar-refractivity contribution in [2.75, 3.05) is 17.7 Å². The number of hydrogen-bond donors (Lipinski definition) is 2. The van der Waals surface area contributed by atoms with Gasteiger partial charge in [-0.15, -0.1) is 0 Å². The van der Waals surface area contributed by atoms with Gasteiger partial charge in [-0.05, 0) is 31.2 Å². The number of fused-ring (bicyclic) bond motifs is 1. The predicted octanol–water partition coefficient (Wildman–Crippen LogP) is 4.17. The average Bonchev–Trinajstić information content (AvgIpc) is 3.05. The summed E-state index contributed by atoms with van der Waals surface area (Å²) in [6.45, 7) is 2.06. The Morgan fingerprint density at radius 1 is 0.963 bits per heavy atom. The molecule has 0 aliphatic carbocycles. The molecule has 0 bridgehead atoms. The molecule has 0 fully saturated rings. The van der Waals surface area contributed by atoms with Gasteiger partial charge in [-0.25, -0.2) is 0 Å². The maximum atomic E-state index is 5.27. The van der Waals surface area contributed by atoms with E-state index in [2.05, 4.69) is 44.8 Å². The van der Waals surface area contributed by atoms with Gasteiger partial charge in [0.2, 0.25) is 5.95 Å². The molecule has 4 rings (SSSR count). The highest BCUT2D eigenvalue weighted by atomic mass is 16.5. The Hall–Kier alpha value is -3.61. The lowest BCUT2D eigenvalue weighted by atomic mass is 10.2. The smallest absolute Gasteiger partial charge is 0.231 e. The van der Waals surface area contributed by atoms with Crippen LogP contribution in [0.25, 0.3) is 11.0 Å². The molecule has 0 saturated heterocycles. The van der Waals surface area contributed by atoms with Crippen LogP contribution in [0.15, 0.2) is 54.7 Å². The van der Waals surface area contributed by atoms with Crippen molar-refractivity contribution in [3.05, 3.63) is 60.3 Å². The van der Waals surface area contributed by atoms with Crippen LogP contribution in [0, 0.1) is 6.92 Å². The second-order valence-electron chi connectivity index (χ2n) is 6.25. The SMILES string of the molecule is COc1cccc(Nc2nc(Nc3ccc(C)cc3)c3cnn(C)c3n2)c1. The van der Waals surface area contributed by atoms with E-state index < -0.39 is 0 Å². The Morgan fingerprint density at radius 3 is 2.56 bits per heavy atom. The Morgan fingerprint density at radius 2 is 1.78 bits per heavy atom. The molecule has 2 aromatic carbocycles. The van der Waals surface area contributed by atoms with E-state index in [4.69, 9.17) is 4.74 Å². The molecule has 0 aliphatic rings. The number of aromatic nitrogens is 4. The van der Waals surface area contributed by atoms with E-state index in [-0.39, 0.29) is 0 Å². The summed E-state index contributed by atoms with van der Waals surface area (Å²) in [5, 5.41) is 11.8. The largest absolute Gasteiger partial charge is 0.497 e. The number of nitrogens with zero attached hydrogens (tertiary/aromatic N) is 4. The molecular weight excluding hydrogens is 340 g/mol. The van der Waals surface area contributed by atoms with Gasteiger partial charge in [-0.3, -0.25) is 4.68 Å². The maximum absolute atomic E-state index is 5.27. The molecule has 2 N–H and O–H groups in total. The van der Waals surface area contributed by atoms with Crippen LogP contribution < -0.4 is 15.4 Å². The molecule has 7 heteroatoms. The fraction of sp³-hybridized carbons (Fsp3) is 0.150. The van der Waals surface area contributed by atoms with Crippen molar-refractivity contribution in [2.45, 2.75) is 6.92 Å². The lowest BCUT2D eigenvalue weighted by molar-refractivity contribution is 0.415. The van der Waals surface area contributed by atoms with Gasteiger partial charge in [0.05, 0.1) is 18.7 Å². The third-order valence-corrected chi connectivity index (χ3v) is 4.23. The summed E-state index contributed by atoms with van der Waals surface area (Å²) in [4.78, 5) is 9.25. The number of nitrogens with one attached hydrogen (secondary N) is 2. The van der Waals surface area contributed by atoms with Gasteiger partial charge in [-0.2, -0.15) is 15.1 Å². The third kappa shape index (κ3) is 3.52. The molecule has 0 amide bonds. The highest BCUT2D eigenvalue weighted by molar-refractivity contribution is 5.89. The molecule has 2 heterocycles.